The number of fused-ring (bicyclic) bond motifs is 1. The Hall–Kier alpha value is -3.00. The van der Waals surface area contributed by atoms with Crippen molar-refractivity contribution in [2.45, 2.75) is 0 Å². The lowest BCUT2D eigenvalue weighted by atomic mass is 10.2. The molecule has 0 spiro atoms. The van der Waals surface area contributed by atoms with Gasteiger partial charge < -0.3 is 14.2 Å². The zero-order valence-corrected chi connectivity index (χ0v) is 14.8. The van der Waals surface area contributed by atoms with Gasteiger partial charge in [0.05, 0.1) is 11.4 Å². The summed E-state index contributed by atoms with van der Waals surface area (Å²) in [5.41, 5.74) is 0.743. The van der Waals surface area contributed by atoms with Crippen LogP contribution in [0.1, 0.15) is 5.56 Å². The summed E-state index contributed by atoms with van der Waals surface area (Å²) in [6.45, 7) is 0.408. The van der Waals surface area contributed by atoms with Crippen molar-refractivity contribution in [3.8, 4) is 17.2 Å². The Labute approximate surface area is 158 Å². The van der Waals surface area contributed by atoms with E-state index in [0.717, 1.165) is 22.2 Å². The molecule has 2 aromatic rings. The van der Waals surface area contributed by atoms with Crippen molar-refractivity contribution >= 4 is 29.0 Å². The predicted octanol–water partition coefficient (Wildman–Crippen LogP) is 3.67. The first kappa shape index (κ1) is 17.4. The lowest BCUT2D eigenvalue weighted by Crippen LogP contribution is -2.32. The number of nitrogens with zero attached hydrogens (tertiary/aromatic N) is 1. The Bertz CT molecular complexity index is 928. The van der Waals surface area contributed by atoms with Crippen LogP contribution in [0, 0.1) is 5.82 Å². The van der Waals surface area contributed by atoms with Gasteiger partial charge in [-0.2, -0.15) is 0 Å². The second-order valence-corrected chi connectivity index (χ2v) is 6.74. The monoisotopic (exact) mass is 387 g/mol. The van der Waals surface area contributed by atoms with Gasteiger partial charge in [0.2, 0.25) is 6.79 Å². The van der Waals surface area contributed by atoms with E-state index in [2.05, 4.69) is 0 Å². The smallest absolute Gasteiger partial charge is 0.293 e. The van der Waals surface area contributed by atoms with Crippen LogP contribution in [0.3, 0.4) is 0 Å². The first-order chi connectivity index (χ1) is 13.1. The van der Waals surface area contributed by atoms with E-state index >= 15 is 0 Å². The Balaban J connectivity index is 1.40. The van der Waals surface area contributed by atoms with Crippen molar-refractivity contribution in [3.63, 3.8) is 0 Å². The van der Waals surface area contributed by atoms with Gasteiger partial charge >= 0.3 is 0 Å². The number of halogens is 1. The number of hydrogen-bond donors (Lipinski definition) is 0. The number of amides is 2. The molecule has 0 radical (unpaired) electrons. The number of thioether (sulfide) groups is 1. The highest BCUT2D eigenvalue weighted by Gasteiger charge is 2.34. The van der Waals surface area contributed by atoms with Crippen LogP contribution in [-0.2, 0) is 4.79 Å². The largest absolute Gasteiger partial charge is 0.492 e. The van der Waals surface area contributed by atoms with E-state index in [0.29, 0.717) is 22.2 Å². The molecule has 1 fully saturated rings. The lowest BCUT2D eigenvalue weighted by molar-refractivity contribution is -0.123. The predicted molar refractivity (Wildman–Crippen MR) is 97.1 cm³/mol. The molecule has 4 rings (SSSR count). The van der Waals surface area contributed by atoms with Crippen LogP contribution in [-0.4, -0.2) is 36.0 Å². The summed E-state index contributed by atoms with van der Waals surface area (Å²) < 4.78 is 28.9. The minimum Gasteiger partial charge on any atom is -0.492 e. The molecule has 8 heteroatoms. The average Bonchev–Trinajstić information content (AvgIpc) is 3.22. The number of benzene rings is 2. The number of hydrogen-bond acceptors (Lipinski definition) is 6. The molecule has 0 aliphatic carbocycles. The molecule has 2 aromatic carbocycles. The fourth-order valence-electron chi connectivity index (χ4n) is 2.63. The van der Waals surface area contributed by atoms with Gasteiger partial charge in [-0.1, -0.05) is 6.07 Å². The maximum Gasteiger partial charge on any atom is 0.293 e. The van der Waals surface area contributed by atoms with Gasteiger partial charge in [-0.25, -0.2) is 4.39 Å². The lowest BCUT2D eigenvalue weighted by Gasteiger charge is -2.13. The summed E-state index contributed by atoms with van der Waals surface area (Å²) in [5, 5.41) is -0.352. The van der Waals surface area contributed by atoms with Crippen LogP contribution >= 0.6 is 11.8 Å². The van der Waals surface area contributed by atoms with E-state index in [-0.39, 0.29) is 36.9 Å². The van der Waals surface area contributed by atoms with Crippen LogP contribution in [0.25, 0.3) is 6.08 Å². The minimum atomic E-state index is -0.370. The van der Waals surface area contributed by atoms with Gasteiger partial charge in [0, 0.05) is 0 Å². The molecule has 0 atom stereocenters. The number of imide groups is 1. The highest BCUT2D eigenvalue weighted by Crippen LogP contribution is 2.36. The number of carbonyl (C=O) groups excluding carboxylic acids is 2. The number of rotatable bonds is 5. The molecule has 2 amide bonds. The van der Waals surface area contributed by atoms with E-state index in [1.54, 1.807) is 24.3 Å². The Kier molecular flexibility index (Phi) is 4.72. The molecule has 2 aliphatic heterocycles. The molecule has 138 valence electrons. The van der Waals surface area contributed by atoms with Crippen molar-refractivity contribution < 1.29 is 28.2 Å². The molecule has 0 unspecified atom stereocenters. The molecule has 2 heterocycles. The number of carbonyl (C=O) groups is 2. The van der Waals surface area contributed by atoms with Gasteiger partial charge in [-0.15, -0.1) is 0 Å². The summed E-state index contributed by atoms with van der Waals surface area (Å²) in [4.78, 5) is 26.1. The first-order valence-corrected chi connectivity index (χ1v) is 8.95. The molecule has 0 aromatic heterocycles. The average molecular weight is 387 g/mol. The summed E-state index contributed by atoms with van der Waals surface area (Å²) in [6.07, 6.45) is 1.65. The third kappa shape index (κ3) is 3.75. The zero-order valence-electron chi connectivity index (χ0n) is 14.0. The van der Waals surface area contributed by atoms with Gasteiger partial charge in [0.1, 0.15) is 18.2 Å². The van der Waals surface area contributed by atoms with Crippen LogP contribution in [0.5, 0.6) is 17.2 Å². The third-order valence-corrected chi connectivity index (χ3v) is 4.87. The van der Waals surface area contributed by atoms with E-state index in [1.807, 2.05) is 0 Å². The molecule has 6 nitrogen and oxygen atoms in total. The summed E-state index contributed by atoms with van der Waals surface area (Å²) in [5.74, 6) is 1.00. The molecule has 27 heavy (non-hydrogen) atoms. The molecule has 0 bridgehead atoms. The van der Waals surface area contributed by atoms with Crippen molar-refractivity contribution in [3.05, 3.63) is 58.8 Å². The second kappa shape index (κ2) is 7.32. The molecular weight excluding hydrogens is 373 g/mol. The van der Waals surface area contributed by atoms with E-state index in [9.17, 15) is 14.0 Å². The van der Waals surface area contributed by atoms with Crippen molar-refractivity contribution in [2.24, 2.45) is 0 Å². The SMILES string of the molecule is O=C1S/C(=C\c2ccc3c(c2)OCO3)C(=O)N1CCOc1ccc(F)cc1. The highest BCUT2D eigenvalue weighted by molar-refractivity contribution is 8.18. The molecule has 0 N–H and O–H groups in total. The van der Waals surface area contributed by atoms with Crippen molar-refractivity contribution in [1.29, 1.82) is 0 Å². The molecular formula is C19H14FNO5S. The van der Waals surface area contributed by atoms with Crippen LogP contribution < -0.4 is 14.2 Å². The van der Waals surface area contributed by atoms with Crippen LogP contribution in [0.2, 0.25) is 0 Å². The Morgan fingerprint density at radius 3 is 2.70 bits per heavy atom. The van der Waals surface area contributed by atoms with E-state index in [4.69, 9.17) is 14.2 Å². The maximum absolute atomic E-state index is 12.9. The quantitative estimate of drug-likeness (QED) is 0.730. The summed E-state index contributed by atoms with van der Waals surface area (Å²) in [7, 11) is 0. The molecule has 0 saturated carbocycles. The molecule has 2 aliphatic rings. The summed E-state index contributed by atoms with van der Waals surface area (Å²) in [6, 6.07) is 10.8. The van der Waals surface area contributed by atoms with Crippen LogP contribution in [0.4, 0.5) is 9.18 Å². The van der Waals surface area contributed by atoms with Gasteiger partial charge in [0.25, 0.3) is 11.1 Å². The minimum absolute atomic E-state index is 0.112. The fourth-order valence-corrected chi connectivity index (χ4v) is 3.50. The van der Waals surface area contributed by atoms with Crippen LogP contribution in [0.15, 0.2) is 47.4 Å². The Morgan fingerprint density at radius 2 is 1.89 bits per heavy atom. The highest BCUT2D eigenvalue weighted by atomic mass is 32.2. The fraction of sp³-hybridized carbons (Fsp3) is 0.158. The Morgan fingerprint density at radius 1 is 1.11 bits per heavy atom. The van der Waals surface area contributed by atoms with Crippen molar-refractivity contribution in [1.82, 2.24) is 4.90 Å². The molecule has 1 saturated heterocycles. The van der Waals surface area contributed by atoms with Gasteiger partial charge in [-0.3, -0.25) is 14.5 Å². The summed E-state index contributed by atoms with van der Waals surface area (Å²) >= 11 is 0.879. The normalized spacial score (nSPS) is 17.1. The standard InChI is InChI=1S/C19H14FNO5S/c20-13-2-4-14(5-3-13)24-8-7-21-18(22)17(27-19(21)23)10-12-1-6-15-16(9-12)26-11-25-15/h1-6,9-10H,7-8,11H2/b17-10-. The second-order valence-electron chi connectivity index (χ2n) is 5.75. The van der Waals surface area contributed by atoms with Crippen molar-refractivity contribution in [2.75, 3.05) is 19.9 Å². The van der Waals surface area contributed by atoms with Gasteiger partial charge in [-0.05, 0) is 59.8 Å². The first-order valence-electron chi connectivity index (χ1n) is 8.13. The third-order valence-electron chi connectivity index (χ3n) is 3.97. The maximum atomic E-state index is 12.9. The number of ether oxygens (including phenoxy) is 3. The van der Waals surface area contributed by atoms with Gasteiger partial charge in [0.15, 0.2) is 11.5 Å². The van der Waals surface area contributed by atoms with E-state index in [1.165, 1.54) is 24.3 Å². The van der Waals surface area contributed by atoms with E-state index < -0.39 is 0 Å². The topological polar surface area (TPSA) is 65.1 Å². The zero-order chi connectivity index (χ0) is 18.8.